The molecule has 3 heterocycles. The second kappa shape index (κ2) is 6.26. The monoisotopic (exact) mass is 324 g/mol. The van der Waals surface area contributed by atoms with Crippen LogP contribution in [0.3, 0.4) is 0 Å². The maximum Gasteiger partial charge on any atom is 0.180 e. The molecule has 0 aliphatic carbocycles. The number of hydrogen-bond donors (Lipinski definition) is 1. The van der Waals surface area contributed by atoms with Crippen molar-refractivity contribution in [2.75, 3.05) is 19.7 Å². The molecule has 1 fully saturated rings. The van der Waals surface area contributed by atoms with E-state index in [1.165, 1.54) is 0 Å². The zero-order valence-corrected chi connectivity index (χ0v) is 13.9. The fraction of sp³-hybridized carbons (Fsp3) is 0.412. The maximum absolute atomic E-state index is 5.81. The molecule has 7 heteroatoms. The quantitative estimate of drug-likeness (QED) is 0.793. The van der Waals surface area contributed by atoms with Gasteiger partial charge in [0.1, 0.15) is 17.8 Å². The highest BCUT2D eigenvalue weighted by Crippen LogP contribution is 2.21. The summed E-state index contributed by atoms with van der Waals surface area (Å²) in [4.78, 5) is 16.0. The summed E-state index contributed by atoms with van der Waals surface area (Å²) in [5.41, 5.74) is 2.01. The Labute approximate surface area is 140 Å². The Balaban J connectivity index is 1.52. The van der Waals surface area contributed by atoms with Crippen molar-refractivity contribution in [3.63, 3.8) is 0 Å². The Kier molecular flexibility index (Phi) is 3.95. The molecule has 124 valence electrons. The molecule has 0 saturated carbocycles. The lowest BCUT2D eigenvalue weighted by Crippen LogP contribution is -2.38. The van der Waals surface area contributed by atoms with Gasteiger partial charge in [-0.2, -0.15) is 5.10 Å². The van der Waals surface area contributed by atoms with Crippen LogP contribution in [0, 0.1) is 13.8 Å². The molecular weight excluding hydrogens is 304 g/mol. The number of aryl methyl sites for hydroxylation is 2. The number of H-pyrrole nitrogens is 1. The van der Waals surface area contributed by atoms with Crippen molar-refractivity contribution in [2.24, 2.45) is 0 Å². The van der Waals surface area contributed by atoms with E-state index in [2.05, 4.69) is 31.1 Å². The predicted octanol–water partition coefficient (Wildman–Crippen LogP) is 1.94. The minimum atomic E-state index is -0.106. The van der Waals surface area contributed by atoms with Gasteiger partial charge in [0.05, 0.1) is 18.7 Å². The lowest BCUT2D eigenvalue weighted by Gasteiger charge is -2.31. The first-order valence-corrected chi connectivity index (χ1v) is 8.14. The molecule has 1 atom stereocenters. The number of hydrogen-bond acceptors (Lipinski definition) is 6. The molecule has 0 radical (unpaired) electrons. The number of rotatable bonds is 3. The number of ether oxygens (including phenoxy) is 1. The van der Waals surface area contributed by atoms with Gasteiger partial charge in [-0.1, -0.05) is 18.2 Å². The van der Waals surface area contributed by atoms with Crippen LogP contribution in [-0.4, -0.2) is 49.7 Å². The predicted molar refractivity (Wildman–Crippen MR) is 89.4 cm³/mol. The first-order chi connectivity index (χ1) is 11.7. The third kappa shape index (κ3) is 3.00. The molecule has 0 unspecified atom stereocenters. The summed E-state index contributed by atoms with van der Waals surface area (Å²) in [6.07, 6.45) is -0.106. The minimum Gasteiger partial charge on any atom is -0.367 e. The second-order valence-electron chi connectivity index (χ2n) is 6.12. The Morgan fingerprint density at radius 3 is 2.92 bits per heavy atom. The number of benzene rings is 1. The lowest BCUT2D eigenvalue weighted by molar-refractivity contribution is -0.0377. The molecule has 1 aliphatic rings. The fourth-order valence-electron chi connectivity index (χ4n) is 3.07. The first kappa shape index (κ1) is 15.2. The van der Waals surface area contributed by atoms with Gasteiger partial charge in [0.2, 0.25) is 0 Å². The summed E-state index contributed by atoms with van der Waals surface area (Å²) < 4.78 is 5.81. The normalized spacial score (nSPS) is 19.0. The maximum atomic E-state index is 5.81. The van der Waals surface area contributed by atoms with E-state index in [4.69, 9.17) is 9.72 Å². The molecule has 1 saturated heterocycles. The van der Waals surface area contributed by atoms with Crippen molar-refractivity contribution in [1.29, 1.82) is 0 Å². The van der Waals surface area contributed by atoms with Gasteiger partial charge in [-0.15, -0.1) is 0 Å². The number of nitrogens with one attached hydrogen (secondary N) is 1. The molecular formula is C17H20N6O. The number of aromatic nitrogens is 5. The average Bonchev–Trinajstić information content (AvgIpc) is 3.02. The van der Waals surface area contributed by atoms with Crippen molar-refractivity contribution in [2.45, 2.75) is 26.5 Å². The SMILES string of the molecule is Cc1nc([C@@H]2CN(Cc3nc(C)c4ccccc4n3)CCO2)n[nH]1. The van der Waals surface area contributed by atoms with Gasteiger partial charge in [0.15, 0.2) is 5.82 Å². The van der Waals surface area contributed by atoms with Crippen molar-refractivity contribution in [3.05, 3.63) is 47.4 Å². The summed E-state index contributed by atoms with van der Waals surface area (Å²) in [5.74, 6) is 2.37. The van der Waals surface area contributed by atoms with E-state index in [0.717, 1.165) is 41.3 Å². The number of morpholine rings is 1. The van der Waals surface area contributed by atoms with E-state index in [-0.39, 0.29) is 6.10 Å². The number of nitrogens with zero attached hydrogens (tertiary/aromatic N) is 5. The van der Waals surface area contributed by atoms with Crippen LogP contribution in [0.5, 0.6) is 0 Å². The molecule has 3 aromatic rings. The Bertz CT molecular complexity index is 861. The van der Waals surface area contributed by atoms with Crippen LogP contribution in [0.4, 0.5) is 0 Å². The van der Waals surface area contributed by atoms with Gasteiger partial charge in [-0.25, -0.2) is 15.0 Å². The van der Waals surface area contributed by atoms with Gasteiger partial charge < -0.3 is 4.74 Å². The topological polar surface area (TPSA) is 79.8 Å². The molecule has 2 aromatic heterocycles. The summed E-state index contributed by atoms with van der Waals surface area (Å²) in [6.45, 7) is 6.89. The average molecular weight is 324 g/mol. The van der Waals surface area contributed by atoms with Crippen molar-refractivity contribution < 1.29 is 4.74 Å². The lowest BCUT2D eigenvalue weighted by atomic mass is 10.2. The van der Waals surface area contributed by atoms with Crippen molar-refractivity contribution >= 4 is 10.9 Å². The Morgan fingerprint density at radius 2 is 2.08 bits per heavy atom. The molecule has 7 nitrogen and oxygen atoms in total. The zero-order valence-electron chi connectivity index (χ0n) is 13.9. The zero-order chi connectivity index (χ0) is 16.5. The first-order valence-electron chi connectivity index (χ1n) is 8.14. The van der Waals surface area contributed by atoms with Gasteiger partial charge in [-0.3, -0.25) is 10.00 Å². The number of para-hydroxylation sites is 1. The van der Waals surface area contributed by atoms with E-state index in [0.29, 0.717) is 19.0 Å². The number of aromatic amines is 1. The highest BCUT2D eigenvalue weighted by molar-refractivity contribution is 5.80. The van der Waals surface area contributed by atoms with E-state index in [9.17, 15) is 0 Å². The highest BCUT2D eigenvalue weighted by Gasteiger charge is 2.25. The van der Waals surface area contributed by atoms with Gasteiger partial charge in [0, 0.05) is 24.2 Å². The van der Waals surface area contributed by atoms with Crippen molar-refractivity contribution in [1.82, 2.24) is 30.0 Å². The highest BCUT2D eigenvalue weighted by atomic mass is 16.5. The Hall–Kier alpha value is -2.38. The second-order valence-corrected chi connectivity index (χ2v) is 6.12. The molecule has 1 aromatic carbocycles. The van der Waals surface area contributed by atoms with Crippen LogP contribution in [0.25, 0.3) is 10.9 Å². The van der Waals surface area contributed by atoms with Crippen LogP contribution in [0.1, 0.15) is 29.3 Å². The van der Waals surface area contributed by atoms with Gasteiger partial charge >= 0.3 is 0 Å². The van der Waals surface area contributed by atoms with Crippen LogP contribution >= 0.6 is 0 Å². The molecule has 0 amide bonds. The molecule has 0 bridgehead atoms. The Morgan fingerprint density at radius 1 is 1.21 bits per heavy atom. The van der Waals surface area contributed by atoms with E-state index < -0.39 is 0 Å². The molecule has 0 spiro atoms. The third-order valence-electron chi connectivity index (χ3n) is 4.26. The third-order valence-corrected chi connectivity index (χ3v) is 4.26. The fourth-order valence-corrected chi connectivity index (χ4v) is 3.07. The summed E-state index contributed by atoms with van der Waals surface area (Å²) in [5, 5.41) is 8.20. The minimum absolute atomic E-state index is 0.106. The number of fused-ring (bicyclic) bond motifs is 1. The molecule has 1 N–H and O–H groups in total. The summed E-state index contributed by atoms with van der Waals surface area (Å²) in [6, 6.07) is 8.12. The molecule has 4 rings (SSSR count). The largest absolute Gasteiger partial charge is 0.367 e. The summed E-state index contributed by atoms with van der Waals surface area (Å²) in [7, 11) is 0. The van der Waals surface area contributed by atoms with Crippen molar-refractivity contribution in [3.8, 4) is 0 Å². The van der Waals surface area contributed by atoms with Crippen LogP contribution < -0.4 is 0 Å². The standard InChI is InChI=1S/C17H20N6O/c1-11-13-5-3-4-6-14(13)20-16(18-11)10-23-7-8-24-15(9-23)17-19-12(2)21-22-17/h3-6,15H,7-10H2,1-2H3,(H,19,21,22)/t15-/m0/s1. The van der Waals surface area contributed by atoms with E-state index >= 15 is 0 Å². The molecule has 24 heavy (non-hydrogen) atoms. The van der Waals surface area contributed by atoms with E-state index in [1.54, 1.807) is 0 Å². The van der Waals surface area contributed by atoms with Gasteiger partial charge in [-0.05, 0) is 19.9 Å². The van der Waals surface area contributed by atoms with Gasteiger partial charge in [0.25, 0.3) is 0 Å². The summed E-state index contributed by atoms with van der Waals surface area (Å²) >= 11 is 0. The van der Waals surface area contributed by atoms with Crippen LogP contribution in [-0.2, 0) is 11.3 Å². The smallest absolute Gasteiger partial charge is 0.180 e. The van der Waals surface area contributed by atoms with E-state index in [1.807, 2.05) is 32.0 Å². The van der Waals surface area contributed by atoms with Crippen LogP contribution in [0.2, 0.25) is 0 Å². The van der Waals surface area contributed by atoms with Crippen LogP contribution in [0.15, 0.2) is 24.3 Å². The molecule has 1 aliphatic heterocycles.